The van der Waals surface area contributed by atoms with Gasteiger partial charge in [-0.2, -0.15) is 0 Å². The van der Waals surface area contributed by atoms with E-state index in [1.165, 1.54) is 6.20 Å². The highest BCUT2D eigenvalue weighted by Crippen LogP contribution is 2.20. The summed E-state index contributed by atoms with van der Waals surface area (Å²) in [6, 6.07) is 1.67. The molecule has 0 aromatic carbocycles. The van der Waals surface area contributed by atoms with Gasteiger partial charge in [-0.3, -0.25) is 4.98 Å². The van der Waals surface area contributed by atoms with E-state index in [9.17, 15) is 8.42 Å². The number of hydrogen-bond donors (Lipinski definition) is 2. The molecule has 0 amide bonds. The van der Waals surface area contributed by atoms with Crippen LogP contribution >= 0.6 is 0 Å². The molecule has 0 radical (unpaired) electrons. The maximum atomic E-state index is 12.4. The highest BCUT2D eigenvalue weighted by Gasteiger charge is 2.22. The Morgan fingerprint density at radius 3 is 2.74 bits per heavy atom. The number of nitrogens with zero attached hydrogens (tertiary/aromatic N) is 2. The summed E-state index contributed by atoms with van der Waals surface area (Å²) in [5, 5.41) is 4.81. The highest BCUT2D eigenvalue weighted by molar-refractivity contribution is 7.89. The van der Waals surface area contributed by atoms with Crippen molar-refractivity contribution in [3.63, 3.8) is 0 Å². The highest BCUT2D eigenvalue weighted by atomic mass is 32.2. The zero-order valence-electron chi connectivity index (χ0n) is 11.1. The first-order valence-electron chi connectivity index (χ1n) is 6.59. The van der Waals surface area contributed by atoms with Crippen molar-refractivity contribution in [2.24, 2.45) is 0 Å². The van der Waals surface area contributed by atoms with Gasteiger partial charge in [-0.15, -0.1) is 4.83 Å². The van der Waals surface area contributed by atoms with E-state index < -0.39 is 10.0 Å². The number of pyridine rings is 1. The van der Waals surface area contributed by atoms with Gasteiger partial charge in [0, 0.05) is 32.0 Å². The lowest BCUT2D eigenvalue weighted by atomic mass is 10.2. The van der Waals surface area contributed by atoms with Crippen molar-refractivity contribution in [3.8, 4) is 0 Å². The topological polar surface area (TPSA) is 74.3 Å². The predicted octanol–water partition coefficient (Wildman–Crippen LogP) is 1.19. The predicted molar refractivity (Wildman–Crippen MR) is 74.1 cm³/mol. The van der Waals surface area contributed by atoms with Gasteiger partial charge < -0.3 is 5.32 Å². The lowest BCUT2D eigenvalue weighted by molar-refractivity contribution is 0.200. The number of hydrazine groups is 1. The van der Waals surface area contributed by atoms with Crippen LogP contribution in [-0.4, -0.2) is 38.0 Å². The summed E-state index contributed by atoms with van der Waals surface area (Å²) in [6.45, 7) is 4.11. The summed E-state index contributed by atoms with van der Waals surface area (Å²) >= 11 is 0. The first-order chi connectivity index (χ1) is 9.13. The molecule has 19 heavy (non-hydrogen) atoms. The van der Waals surface area contributed by atoms with E-state index in [0.717, 1.165) is 32.4 Å². The lowest BCUT2D eigenvalue weighted by Gasteiger charge is -2.26. The SMILES string of the molecule is CCNc1ccncc1S(=O)(=O)NN1CCCCC1. The fraction of sp³-hybridized carbons (Fsp3) is 0.583. The molecule has 1 saturated heterocycles. The fourth-order valence-electron chi connectivity index (χ4n) is 2.13. The average Bonchev–Trinajstić information content (AvgIpc) is 2.40. The molecule has 0 atom stereocenters. The largest absolute Gasteiger partial charge is 0.384 e. The number of anilines is 1. The zero-order chi connectivity index (χ0) is 13.7. The Morgan fingerprint density at radius 2 is 2.05 bits per heavy atom. The van der Waals surface area contributed by atoms with Crippen molar-refractivity contribution in [2.45, 2.75) is 31.1 Å². The Hall–Kier alpha value is -1.18. The second-order valence-electron chi connectivity index (χ2n) is 4.54. The Bertz CT molecular complexity index is 512. The van der Waals surface area contributed by atoms with Gasteiger partial charge in [-0.05, 0) is 25.8 Å². The summed E-state index contributed by atoms with van der Waals surface area (Å²) in [4.78, 5) is 6.74. The maximum Gasteiger partial charge on any atom is 0.257 e. The van der Waals surface area contributed by atoms with Crippen molar-refractivity contribution in [2.75, 3.05) is 25.0 Å². The smallest absolute Gasteiger partial charge is 0.257 e. The standard InChI is InChI=1S/C12H20N4O2S/c1-2-14-11-6-7-13-10-12(11)19(17,18)15-16-8-4-3-5-9-16/h6-7,10,15H,2-5,8-9H2,1H3,(H,13,14). The van der Waals surface area contributed by atoms with Crippen LogP contribution in [0.25, 0.3) is 0 Å². The molecule has 0 spiro atoms. The van der Waals surface area contributed by atoms with E-state index in [4.69, 9.17) is 0 Å². The van der Waals surface area contributed by atoms with E-state index in [0.29, 0.717) is 12.2 Å². The van der Waals surface area contributed by atoms with Crippen LogP contribution in [-0.2, 0) is 10.0 Å². The number of sulfonamides is 1. The first kappa shape index (κ1) is 14.2. The van der Waals surface area contributed by atoms with Crippen LogP contribution in [0.5, 0.6) is 0 Å². The van der Waals surface area contributed by atoms with Gasteiger partial charge in [0.1, 0.15) is 4.90 Å². The molecule has 7 heteroatoms. The second-order valence-corrected chi connectivity index (χ2v) is 6.17. The number of piperidine rings is 1. The van der Waals surface area contributed by atoms with Gasteiger partial charge in [0.25, 0.3) is 10.0 Å². The van der Waals surface area contributed by atoms with E-state index in [2.05, 4.69) is 15.1 Å². The van der Waals surface area contributed by atoms with Gasteiger partial charge in [-0.25, -0.2) is 13.4 Å². The molecule has 1 aliphatic rings. The van der Waals surface area contributed by atoms with Crippen LogP contribution in [0.3, 0.4) is 0 Å². The molecule has 2 heterocycles. The Kier molecular flexibility index (Phi) is 4.73. The lowest BCUT2D eigenvalue weighted by Crippen LogP contribution is -2.45. The average molecular weight is 284 g/mol. The fourth-order valence-corrected chi connectivity index (χ4v) is 3.39. The molecule has 106 valence electrons. The number of rotatable bonds is 5. The van der Waals surface area contributed by atoms with E-state index in [1.54, 1.807) is 17.3 Å². The minimum absolute atomic E-state index is 0.197. The van der Waals surface area contributed by atoms with Gasteiger partial charge in [0.05, 0.1) is 5.69 Å². The molecule has 0 saturated carbocycles. The van der Waals surface area contributed by atoms with Gasteiger partial charge in [0.15, 0.2) is 0 Å². The van der Waals surface area contributed by atoms with Crippen molar-refractivity contribution >= 4 is 15.7 Å². The molecule has 0 unspecified atom stereocenters. The van der Waals surface area contributed by atoms with Gasteiger partial charge in [-0.1, -0.05) is 6.42 Å². The zero-order valence-corrected chi connectivity index (χ0v) is 11.9. The van der Waals surface area contributed by atoms with E-state index >= 15 is 0 Å². The van der Waals surface area contributed by atoms with Crippen LogP contribution in [0, 0.1) is 0 Å². The van der Waals surface area contributed by atoms with E-state index in [-0.39, 0.29) is 4.90 Å². The third-order valence-corrected chi connectivity index (χ3v) is 4.45. The van der Waals surface area contributed by atoms with Crippen LogP contribution in [0.15, 0.2) is 23.4 Å². The third kappa shape index (κ3) is 3.65. The van der Waals surface area contributed by atoms with Crippen LogP contribution in [0.1, 0.15) is 26.2 Å². The minimum atomic E-state index is -3.56. The molecule has 1 aliphatic heterocycles. The van der Waals surface area contributed by atoms with Crippen molar-refractivity contribution < 1.29 is 8.42 Å². The van der Waals surface area contributed by atoms with Crippen molar-refractivity contribution in [1.82, 2.24) is 14.8 Å². The summed E-state index contributed by atoms with van der Waals surface area (Å²) in [7, 11) is -3.56. The van der Waals surface area contributed by atoms with Crippen molar-refractivity contribution in [3.05, 3.63) is 18.5 Å². The summed E-state index contributed by atoms with van der Waals surface area (Å²) < 4.78 is 24.7. The summed E-state index contributed by atoms with van der Waals surface area (Å²) in [6.07, 6.45) is 6.17. The normalized spacial score (nSPS) is 17.3. The molecule has 1 fully saturated rings. The second kappa shape index (κ2) is 6.31. The van der Waals surface area contributed by atoms with Crippen LogP contribution in [0.4, 0.5) is 5.69 Å². The summed E-state index contributed by atoms with van der Waals surface area (Å²) in [5.74, 6) is 0. The van der Waals surface area contributed by atoms with Gasteiger partial charge >= 0.3 is 0 Å². The van der Waals surface area contributed by atoms with Crippen LogP contribution in [0.2, 0.25) is 0 Å². The molecule has 0 bridgehead atoms. The Morgan fingerprint density at radius 1 is 1.32 bits per heavy atom. The molecule has 2 rings (SSSR count). The summed E-state index contributed by atoms with van der Waals surface area (Å²) in [5.41, 5.74) is 0.585. The molecule has 1 aromatic heterocycles. The molecule has 6 nitrogen and oxygen atoms in total. The first-order valence-corrected chi connectivity index (χ1v) is 8.07. The maximum absolute atomic E-state index is 12.4. The molecule has 2 N–H and O–H groups in total. The number of hydrogen-bond acceptors (Lipinski definition) is 5. The van der Waals surface area contributed by atoms with E-state index in [1.807, 2.05) is 6.92 Å². The molecular weight excluding hydrogens is 264 g/mol. The molecule has 0 aliphatic carbocycles. The number of aromatic nitrogens is 1. The van der Waals surface area contributed by atoms with Gasteiger partial charge in [0.2, 0.25) is 0 Å². The Labute approximate surface area is 114 Å². The molecule has 1 aromatic rings. The third-order valence-electron chi connectivity index (χ3n) is 3.05. The Balaban J connectivity index is 2.18. The minimum Gasteiger partial charge on any atom is -0.384 e. The molecular formula is C12H20N4O2S. The quantitative estimate of drug-likeness (QED) is 0.849. The van der Waals surface area contributed by atoms with Crippen LogP contribution < -0.4 is 10.1 Å². The monoisotopic (exact) mass is 284 g/mol. The number of nitrogens with one attached hydrogen (secondary N) is 2. The van der Waals surface area contributed by atoms with Crippen molar-refractivity contribution in [1.29, 1.82) is 0 Å².